The van der Waals surface area contributed by atoms with Crippen molar-refractivity contribution < 1.29 is 104 Å². The van der Waals surface area contributed by atoms with Gasteiger partial charge in [-0.3, -0.25) is 14.4 Å². The molecule has 19 rings (SSSR count). The number of aliphatic hydroxyl groups excluding tert-OH is 4. The Morgan fingerprint density at radius 2 is 0.779 bits per heavy atom. The number of aliphatic hydroxyl groups is 4. The summed E-state index contributed by atoms with van der Waals surface area (Å²) >= 11 is 0. The Morgan fingerprint density at radius 3 is 1.27 bits per heavy atom. The number of terminal acetylenes is 1. The van der Waals surface area contributed by atoms with Crippen LogP contribution < -0.4 is 70.4 Å². The van der Waals surface area contributed by atoms with Crippen molar-refractivity contribution in [3.63, 3.8) is 0 Å². The summed E-state index contributed by atoms with van der Waals surface area (Å²) in [6.45, 7) is 50.0. The molecule has 3 aliphatic carbocycles. The van der Waals surface area contributed by atoms with Gasteiger partial charge in [0.2, 0.25) is 34.4 Å². The number of anilines is 3. The molecule has 9 aliphatic rings. The number of ether oxygens (including phenoxy) is 1. The quantitative estimate of drug-likeness (QED) is 0.0197. The molecule has 10 aromatic rings. The van der Waals surface area contributed by atoms with Gasteiger partial charge in [0, 0.05) is 141 Å². The number of ketones is 3. The number of hydrogen-bond acceptors (Lipinski definition) is 11. The Bertz CT molecular complexity index is 7250. The highest BCUT2D eigenvalue weighted by Crippen LogP contribution is 2.57. The first-order valence-corrected chi connectivity index (χ1v) is 46.3. The van der Waals surface area contributed by atoms with Crippen molar-refractivity contribution in [3.05, 3.63) is 388 Å². The molecule has 0 amide bonds. The summed E-state index contributed by atoms with van der Waals surface area (Å²) < 4.78 is 12.4. The van der Waals surface area contributed by atoms with E-state index in [0.717, 1.165) is 146 Å². The molecule has 10 aromatic carbocycles. The number of fused-ring (bicyclic) bond motifs is 14. The molecule has 0 bridgehead atoms. The fourth-order valence-corrected chi connectivity index (χ4v) is 22.2. The van der Waals surface area contributed by atoms with Crippen LogP contribution in [0.25, 0.3) is 43.1 Å². The molecule has 0 fully saturated rings. The number of hydrogen-bond donors (Lipinski definition) is 4. The third kappa shape index (κ3) is 16.1. The molecule has 0 saturated heterocycles. The van der Waals surface area contributed by atoms with Crippen LogP contribution in [0.2, 0.25) is 0 Å². The largest absolute Gasteiger partial charge is 1.00 e. The summed E-state index contributed by atoms with van der Waals surface area (Å²) in [4.78, 5) is 48.2. The second kappa shape index (κ2) is 38.4. The highest BCUT2D eigenvalue weighted by molar-refractivity contribution is 6.27. The Morgan fingerprint density at radius 1 is 0.375 bits per heavy atom. The van der Waals surface area contributed by atoms with Gasteiger partial charge in [-0.15, -0.1) is 45.2 Å². The van der Waals surface area contributed by atoms with Gasteiger partial charge in [0.25, 0.3) is 0 Å². The lowest BCUT2D eigenvalue weighted by atomic mass is 9.76. The van der Waals surface area contributed by atoms with E-state index in [1.54, 1.807) is 7.11 Å². The molecular weight excluding hydrogens is 1880 g/mol. The molecule has 14 nitrogen and oxygen atoms in total. The highest BCUT2D eigenvalue weighted by atomic mass is 79.9. The van der Waals surface area contributed by atoms with Gasteiger partial charge >= 0.3 is 0 Å². The number of carbonyl (C=O) groups excluding carboxylic acids is 3. The summed E-state index contributed by atoms with van der Waals surface area (Å²) in [5.41, 5.74) is 20.3. The van der Waals surface area contributed by atoms with E-state index in [2.05, 4.69) is 284 Å². The van der Waals surface area contributed by atoms with Crippen LogP contribution in [0.1, 0.15) is 154 Å². The Kier molecular flexibility index (Phi) is 28.0. The number of methoxy groups -OCH3 is 1. The summed E-state index contributed by atoms with van der Waals surface area (Å²) in [6.07, 6.45) is 30.1. The van der Waals surface area contributed by atoms with Crippen LogP contribution in [0.5, 0.6) is 5.75 Å². The van der Waals surface area contributed by atoms with Crippen molar-refractivity contribution in [2.45, 2.75) is 154 Å². The zero-order valence-electron chi connectivity index (χ0n) is 80.0. The number of halogens is 3. The Labute approximate surface area is 831 Å². The first-order valence-electron chi connectivity index (χ1n) is 46.3. The van der Waals surface area contributed by atoms with E-state index in [4.69, 9.17) is 11.2 Å². The normalized spacial score (nSPS) is 19.5. The number of benzene rings is 10. The van der Waals surface area contributed by atoms with Crippen molar-refractivity contribution in [1.29, 1.82) is 0 Å². The standard InChI is InChI=1S/C44H44N2O4.C42H40N2O2.C33H32N2O2.3BrH/c1-8-10-22-45-34-20-18-28-27(26-47)14-12-15-30(28)39(34)43(3,4)37(45)24-32-41(48)33(42(32)49)25-38-44(5,6)40-31-16-13-17-36(50-7)29(31)19-21-35(40)46(38)23-11-9-2;1-7-9-23-43-33-21-19-27-15-11-13-17-29(27)37(33)41(3,4)35(43)25-31-39(45)32(40(31)46)26-36-42(5,6)38-30-18-14-12-16-28(30)20-22-34(38)44(36)24-10-8-2;1-7-9-19-35-27-17-13-11-15-25(27)33(5,6)29(35)21-23-30(36)22(31(23)37)20-28-32(3,4)24-14-10-12-16-26(24)34(28)18-8-2;;;/h8-9,12-21,24-25,47H,1-2,10-11,22-23,26H2,3-7H3;7-8,11-22,25-26H,1-2,9-10,23-24H2,3-6H3;1,8,10-17,20-21H,2,9,18-19H2,3-6H3;3*1H. The van der Waals surface area contributed by atoms with Crippen molar-refractivity contribution in [3.8, 4) is 18.1 Å². The monoisotopic (exact) mass is 2000 g/mol. The topological polar surface area (TPSA) is 160 Å². The van der Waals surface area contributed by atoms with Crippen LogP contribution in [0.15, 0.2) is 350 Å². The zero-order valence-corrected chi connectivity index (χ0v) is 84.8. The van der Waals surface area contributed by atoms with Crippen molar-refractivity contribution in [2.75, 3.05) is 61.1 Å². The second-order valence-electron chi connectivity index (χ2n) is 38.9. The first-order chi connectivity index (χ1) is 63.7. The minimum Gasteiger partial charge on any atom is -1.00 e. The number of allylic oxidation sites excluding steroid dienone is 15. The molecule has 0 unspecified atom stereocenters. The maximum atomic E-state index is 14.1. The molecule has 0 spiro atoms. The highest BCUT2D eigenvalue weighted by Gasteiger charge is 2.53. The lowest BCUT2D eigenvalue weighted by molar-refractivity contribution is -0.436. The summed E-state index contributed by atoms with van der Waals surface area (Å²) in [5, 5.41) is 53.5. The van der Waals surface area contributed by atoms with Crippen molar-refractivity contribution >= 4 is 112 Å². The molecule has 4 N–H and O–H groups in total. The fourth-order valence-electron chi connectivity index (χ4n) is 22.2. The SMILES string of the molecule is C#CCC[N+]1=C(C=C2C(=O)C(C=C3N(CC=C)c4ccccc4C3(C)C)=C2O)C(C)(C)c2ccccc21.C=CCCN1/C(=C/C2=C(O)C(=C/C3=[N+](CCC=C)c4ccc5c(OC)cccc5c4C3(C)C)/C2=O)C(C)(C)c2c1ccc1c(CO)cccc21.C=CCCN1/C(=C/C2=C(O)C(=C/C3=[N+](CCC=C)c4ccc5ccccc5c4C3(C)C)/C2=O)C(C)(C)c2c1ccc1ccccc21.[Br-].[Br-].[Br-]. The van der Waals surface area contributed by atoms with Crippen molar-refractivity contribution in [2.24, 2.45) is 0 Å². The number of rotatable bonds is 24. The van der Waals surface area contributed by atoms with Gasteiger partial charge in [0.15, 0.2) is 36.8 Å². The molecule has 0 aromatic heterocycles. The lowest BCUT2D eigenvalue weighted by Gasteiger charge is -2.29. The Hall–Kier alpha value is -12.8. The summed E-state index contributed by atoms with van der Waals surface area (Å²) in [6, 6.07) is 62.7. The maximum absolute atomic E-state index is 14.1. The van der Waals surface area contributed by atoms with Crippen molar-refractivity contribution in [1.82, 2.24) is 0 Å². The van der Waals surface area contributed by atoms with Crippen LogP contribution in [0.3, 0.4) is 0 Å². The molecule has 0 radical (unpaired) electrons. The van der Waals surface area contributed by atoms with Gasteiger partial charge in [-0.25, -0.2) is 0 Å². The van der Waals surface area contributed by atoms with E-state index >= 15 is 0 Å². The van der Waals surface area contributed by atoms with E-state index in [1.807, 2.05) is 115 Å². The van der Waals surface area contributed by atoms with Crippen LogP contribution in [0, 0.1) is 12.3 Å². The van der Waals surface area contributed by atoms with Crippen LogP contribution in [-0.4, -0.2) is 115 Å². The smallest absolute Gasteiger partial charge is 0.210 e. The predicted octanol–water partition coefficient (Wildman–Crippen LogP) is 15.8. The average Bonchev–Trinajstić information content (AvgIpc) is 1.56. The summed E-state index contributed by atoms with van der Waals surface area (Å²) in [7, 11) is 1.69. The van der Waals surface area contributed by atoms with Gasteiger partial charge < -0.3 is 90.8 Å². The summed E-state index contributed by atoms with van der Waals surface area (Å²) in [5.74, 6) is 3.21. The zero-order chi connectivity index (χ0) is 94.4. The number of carbonyl (C=O) groups is 3. The maximum Gasteiger partial charge on any atom is 0.210 e. The minimum atomic E-state index is -0.482. The predicted molar refractivity (Wildman–Crippen MR) is 546 cm³/mol. The fraction of sp³-hybridized carbons (Fsp3) is 0.261. The Balaban J connectivity index is 0.000000163. The molecular formula is C119H119Br3N6O8. The van der Waals surface area contributed by atoms with Crippen LogP contribution >= 0.6 is 0 Å². The minimum absolute atomic E-state index is 0. The van der Waals surface area contributed by atoms with E-state index < -0.39 is 10.8 Å². The van der Waals surface area contributed by atoms with E-state index in [9.17, 15) is 34.8 Å². The van der Waals surface area contributed by atoms with Crippen LogP contribution in [0.4, 0.5) is 34.1 Å². The molecule has 0 atom stereocenters. The first kappa shape index (κ1) is 99.2. The molecule has 6 aliphatic heterocycles. The van der Waals surface area contributed by atoms with E-state index in [-0.39, 0.29) is 114 Å². The van der Waals surface area contributed by atoms with E-state index in [0.29, 0.717) is 66.0 Å². The number of para-hydroxylation sites is 2. The third-order valence-electron chi connectivity index (χ3n) is 29.0. The lowest BCUT2D eigenvalue weighted by Crippen LogP contribution is -3.00. The van der Waals surface area contributed by atoms with Crippen LogP contribution in [-0.2, 0) is 53.5 Å². The van der Waals surface area contributed by atoms with Gasteiger partial charge in [0.05, 0.1) is 69.8 Å². The molecule has 136 heavy (non-hydrogen) atoms. The molecule has 17 heteroatoms. The van der Waals surface area contributed by atoms with Gasteiger partial charge in [-0.1, -0.05) is 199 Å². The van der Waals surface area contributed by atoms with E-state index in [1.165, 1.54) is 49.4 Å². The average molecular weight is 2000 g/mol. The number of nitrogens with zero attached hydrogens (tertiary/aromatic N) is 6. The molecule has 0 saturated carbocycles. The van der Waals surface area contributed by atoms with Gasteiger partial charge in [-0.05, 0) is 169 Å². The third-order valence-corrected chi connectivity index (χ3v) is 29.0. The van der Waals surface area contributed by atoms with Gasteiger partial charge in [0.1, 0.15) is 23.0 Å². The number of Topliss-reactive ketones (excluding diaryl/α,β-unsaturated/α-hetero) is 3. The molecule has 6 heterocycles. The molecule has 694 valence electrons. The van der Waals surface area contributed by atoms with Gasteiger partial charge in [-0.2, -0.15) is 13.7 Å². The second-order valence-corrected chi connectivity index (χ2v) is 38.9.